The van der Waals surface area contributed by atoms with Crippen LogP contribution in [0.1, 0.15) is 52.7 Å². The zero-order chi connectivity index (χ0) is 12.7. The maximum absolute atomic E-state index is 11.0. The van der Waals surface area contributed by atoms with Gasteiger partial charge in [0.1, 0.15) is 5.69 Å². The Morgan fingerprint density at radius 1 is 1.33 bits per heavy atom. The average Bonchev–Trinajstić information content (AvgIpc) is 2.82. The second-order valence-corrected chi connectivity index (χ2v) is 4.85. The standard InChI is InChI=1S/C13H15N3O2/c1-7-10(6-17)8(2)14-11(7)13-16-15-12(18-13)9-4-3-5-9/h6,9,14H,3-5H2,1-2H3. The third kappa shape index (κ3) is 1.58. The fourth-order valence-electron chi connectivity index (χ4n) is 2.31. The van der Waals surface area contributed by atoms with E-state index in [0.717, 1.165) is 42.0 Å². The Kier molecular flexibility index (Phi) is 2.54. The van der Waals surface area contributed by atoms with Gasteiger partial charge < -0.3 is 9.40 Å². The quantitative estimate of drug-likeness (QED) is 0.844. The van der Waals surface area contributed by atoms with Crippen molar-refractivity contribution >= 4 is 6.29 Å². The lowest BCUT2D eigenvalue weighted by atomic mass is 9.85. The van der Waals surface area contributed by atoms with Crippen LogP contribution in [0.15, 0.2) is 4.42 Å². The molecule has 1 N–H and O–H groups in total. The van der Waals surface area contributed by atoms with Crippen LogP contribution in [0.4, 0.5) is 0 Å². The summed E-state index contributed by atoms with van der Waals surface area (Å²) >= 11 is 0. The smallest absolute Gasteiger partial charge is 0.264 e. The second-order valence-electron chi connectivity index (χ2n) is 4.85. The minimum atomic E-state index is 0.424. The van der Waals surface area contributed by atoms with E-state index in [0.29, 0.717) is 17.4 Å². The summed E-state index contributed by atoms with van der Waals surface area (Å²) in [6, 6.07) is 0. The van der Waals surface area contributed by atoms with Crippen LogP contribution >= 0.6 is 0 Å². The summed E-state index contributed by atoms with van der Waals surface area (Å²) < 4.78 is 5.70. The Morgan fingerprint density at radius 3 is 2.67 bits per heavy atom. The first kappa shape index (κ1) is 11.2. The predicted octanol–water partition coefficient (Wildman–Crippen LogP) is 2.76. The number of aromatic amines is 1. The van der Waals surface area contributed by atoms with Crippen molar-refractivity contribution in [2.75, 3.05) is 0 Å². The molecule has 2 aromatic heterocycles. The van der Waals surface area contributed by atoms with E-state index >= 15 is 0 Å². The molecule has 3 rings (SSSR count). The molecule has 5 heteroatoms. The number of nitrogens with zero attached hydrogens (tertiary/aromatic N) is 2. The molecule has 0 atom stereocenters. The molecule has 0 spiro atoms. The molecule has 1 fully saturated rings. The third-order valence-corrected chi connectivity index (χ3v) is 3.72. The highest BCUT2D eigenvalue weighted by atomic mass is 16.4. The fourth-order valence-corrected chi connectivity index (χ4v) is 2.31. The summed E-state index contributed by atoms with van der Waals surface area (Å²) in [4.78, 5) is 14.1. The van der Waals surface area contributed by atoms with Crippen LogP contribution < -0.4 is 0 Å². The van der Waals surface area contributed by atoms with E-state index in [4.69, 9.17) is 4.42 Å². The summed E-state index contributed by atoms with van der Waals surface area (Å²) in [5, 5.41) is 8.17. The van der Waals surface area contributed by atoms with Crippen LogP contribution in [0.3, 0.4) is 0 Å². The number of hydrogen-bond donors (Lipinski definition) is 1. The molecule has 0 saturated heterocycles. The minimum Gasteiger partial charge on any atom is -0.419 e. The normalized spacial score (nSPS) is 15.7. The molecule has 0 bridgehead atoms. The molecular weight excluding hydrogens is 230 g/mol. The van der Waals surface area contributed by atoms with Gasteiger partial charge in [0, 0.05) is 17.2 Å². The van der Waals surface area contributed by atoms with Gasteiger partial charge in [-0.05, 0) is 32.3 Å². The number of hydrogen-bond acceptors (Lipinski definition) is 4. The van der Waals surface area contributed by atoms with Crippen molar-refractivity contribution in [1.82, 2.24) is 15.2 Å². The van der Waals surface area contributed by atoms with Gasteiger partial charge in [-0.3, -0.25) is 4.79 Å². The molecule has 0 radical (unpaired) electrons. The number of H-pyrrole nitrogens is 1. The number of aryl methyl sites for hydroxylation is 1. The largest absolute Gasteiger partial charge is 0.419 e. The first-order chi connectivity index (χ1) is 8.70. The molecule has 0 unspecified atom stereocenters. The zero-order valence-electron chi connectivity index (χ0n) is 10.5. The van der Waals surface area contributed by atoms with Gasteiger partial charge in [-0.2, -0.15) is 0 Å². The van der Waals surface area contributed by atoms with Gasteiger partial charge in [0.15, 0.2) is 6.29 Å². The topological polar surface area (TPSA) is 71.8 Å². The molecule has 2 heterocycles. The number of nitrogens with one attached hydrogen (secondary N) is 1. The van der Waals surface area contributed by atoms with Crippen molar-refractivity contribution in [3.8, 4) is 11.6 Å². The van der Waals surface area contributed by atoms with Crippen LogP contribution in [0.25, 0.3) is 11.6 Å². The zero-order valence-corrected chi connectivity index (χ0v) is 10.5. The van der Waals surface area contributed by atoms with Crippen molar-refractivity contribution in [1.29, 1.82) is 0 Å². The second kappa shape index (κ2) is 4.08. The minimum absolute atomic E-state index is 0.424. The Labute approximate surface area is 105 Å². The summed E-state index contributed by atoms with van der Waals surface area (Å²) in [7, 11) is 0. The van der Waals surface area contributed by atoms with E-state index in [2.05, 4.69) is 15.2 Å². The van der Waals surface area contributed by atoms with Gasteiger partial charge in [0.2, 0.25) is 5.89 Å². The van der Waals surface area contributed by atoms with E-state index in [9.17, 15) is 4.79 Å². The lowest BCUT2D eigenvalue weighted by molar-refractivity contribution is 0.112. The van der Waals surface area contributed by atoms with Crippen LogP contribution in [-0.2, 0) is 0 Å². The van der Waals surface area contributed by atoms with Gasteiger partial charge in [0.25, 0.3) is 5.89 Å². The molecule has 18 heavy (non-hydrogen) atoms. The van der Waals surface area contributed by atoms with Gasteiger partial charge >= 0.3 is 0 Å². The van der Waals surface area contributed by atoms with Crippen LogP contribution in [0, 0.1) is 13.8 Å². The third-order valence-electron chi connectivity index (χ3n) is 3.72. The molecule has 2 aromatic rings. The van der Waals surface area contributed by atoms with Gasteiger partial charge in [-0.25, -0.2) is 0 Å². The van der Waals surface area contributed by atoms with Gasteiger partial charge in [0.05, 0.1) is 0 Å². The van der Waals surface area contributed by atoms with Crippen molar-refractivity contribution < 1.29 is 9.21 Å². The number of rotatable bonds is 3. The number of aromatic nitrogens is 3. The van der Waals surface area contributed by atoms with Crippen molar-refractivity contribution in [2.45, 2.75) is 39.0 Å². The van der Waals surface area contributed by atoms with Crippen molar-refractivity contribution in [2.24, 2.45) is 0 Å². The molecule has 94 valence electrons. The SMILES string of the molecule is Cc1[nH]c(-c2nnc(C3CCC3)o2)c(C)c1C=O. The summed E-state index contributed by atoms with van der Waals surface area (Å²) in [5.41, 5.74) is 3.13. The molecule has 1 saturated carbocycles. The van der Waals surface area contributed by atoms with E-state index in [-0.39, 0.29) is 0 Å². The summed E-state index contributed by atoms with van der Waals surface area (Å²) in [6.45, 7) is 3.75. The highest BCUT2D eigenvalue weighted by Gasteiger charge is 2.26. The monoisotopic (exact) mass is 245 g/mol. The first-order valence-electron chi connectivity index (χ1n) is 6.19. The molecule has 1 aliphatic rings. The molecule has 0 aromatic carbocycles. The van der Waals surface area contributed by atoms with Crippen molar-refractivity contribution in [3.63, 3.8) is 0 Å². The van der Waals surface area contributed by atoms with E-state index in [1.54, 1.807) is 0 Å². The maximum atomic E-state index is 11.0. The molecule has 0 aliphatic heterocycles. The van der Waals surface area contributed by atoms with Crippen molar-refractivity contribution in [3.05, 3.63) is 22.7 Å². The Bertz CT molecular complexity index is 593. The first-order valence-corrected chi connectivity index (χ1v) is 6.19. The average molecular weight is 245 g/mol. The van der Waals surface area contributed by atoms with E-state index < -0.39 is 0 Å². The van der Waals surface area contributed by atoms with E-state index in [1.807, 2.05) is 13.8 Å². The fraction of sp³-hybridized carbons (Fsp3) is 0.462. The molecule has 5 nitrogen and oxygen atoms in total. The predicted molar refractivity (Wildman–Crippen MR) is 65.5 cm³/mol. The highest BCUT2D eigenvalue weighted by Crippen LogP contribution is 2.36. The summed E-state index contributed by atoms with van der Waals surface area (Å²) in [5.74, 6) is 1.62. The lowest BCUT2D eigenvalue weighted by Crippen LogP contribution is -2.08. The van der Waals surface area contributed by atoms with Gasteiger partial charge in [-0.1, -0.05) is 6.42 Å². The van der Waals surface area contributed by atoms with Crippen LogP contribution in [0.2, 0.25) is 0 Å². The van der Waals surface area contributed by atoms with Gasteiger partial charge in [-0.15, -0.1) is 10.2 Å². The van der Waals surface area contributed by atoms with Crippen LogP contribution in [-0.4, -0.2) is 21.5 Å². The highest BCUT2D eigenvalue weighted by molar-refractivity contribution is 5.82. The Balaban J connectivity index is 1.99. The molecule has 1 aliphatic carbocycles. The Hall–Kier alpha value is -1.91. The number of aldehydes is 1. The van der Waals surface area contributed by atoms with Crippen LogP contribution in [0.5, 0.6) is 0 Å². The number of carbonyl (C=O) groups is 1. The molecular formula is C13H15N3O2. The number of carbonyl (C=O) groups excluding carboxylic acids is 1. The van der Waals surface area contributed by atoms with E-state index in [1.165, 1.54) is 6.42 Å². The Morgan fingerprint density at radius 2 is 2.11 bits per heavy atom. The summed E-state index contributed by atoms with van der Waals surface area (Å²) in [6.07, 6.45) is 4.35. The lowest BCUT2D eigenvalue weighted by Gasteiger charge is -2.20. The molecule has 0 amide bonds. The maximum Gasteiger partial charge on any atom is 0.264 e.